The molecule has 2 aromatic rings. The highest BCUT2D eigenvalue weighted by atomic mass is 19.1. The van der Waals surface area contributed by atoms with E-state index in [1.165, 1.54) is 18.2 Å². The number of rotatable bonds is 4. The van der Waals surface area contributed by atoms with Crippen molar-refractivity contribution in [3.8, 4) is 11.5 Å². The molecular weight excluding hydrogens is 271 g/mol. The van der Waals surface area contributed by atoms with Crippen molar-refractivity contribution in [2.75, 3.05) is 0 Å². The average Bonchev–Trinajstić information content (AvgIpc) is 2.43. The summed E-state index contributed by atoms with van der Waals surface area (Å²) in [5, 5.41) is 8.72. The van der Waals surface area contributed by atoms with Crippen molar-refractivity contribution in [1.82, 2.24) is 0 Å². The van der Waals surface area contributed by atoms with Gasteiger partial charge in [0.1, 0.15) is 17.3 Å². The van der Waals surface area contributed by atoms with Gasteiger partial charge in [-0.25, -0.2) is 9.18 Å². The monoisotopic (exact) mass is 286 g/mol. The van der Waals surface area contributed by atoms with Gasteiger partial charge in [0.15, 0.2) is 0 Å². The first-order valence-electron chi connectivity index (χ1n) is 6.41. The van der Waals surface area contributed by atoms with E-state index in [0.29, 0.717) is 22.6 Å². The Labute approximate surface area is 122 Å². The lowest BCUT2D eigenvalue weighted by atomic mass is 10.1. The van der Waals surface area contributed by atoms with Crippen LogP contribution >= 0.6 is 0 Å². The molecule has 0 saturated carbocycles. The van der Waals surface area contributed by atoms with Gasteiger partial charge < -0.3 is 9.84 Å². The zero-order chi connectivity index (χ0) is 15.4. The predicted molar refractivity (Wildman–Crippen MR) is 79.1 cm³/mol. The fraction of sp³-hybridized carbons (Fsp3) is 0.118. The second-order valence-electron chi connectivity index (χ2n) is 4.73. The lowest BCUT2D eigenvalue weighted by Crippen LogP contribution is -1.92. The summed E-state index contributed by atoms with van der Waals surface area (Å²) in [6.07, 6.45) is 2.53. The molecule has 0 saturated heterocycles. The number of hydrogen-bond donors (Lipinski definition) is 1. The molecule has 0 bridgehead atoms. The quantitative estimate of drug-likeness (QED) is 0.851. The summed E-state index contributed by atoms with van der Waals surface area (Å²) in [5.41, 5.74) is 2.13. The van der Waals surface area contributed by atoms with Crippen LogP contribution < -0.4 is 4.74 Å². The Bertz CT molecular complexity index is 705. The molecule has 0 aliphatic rings. The predicted octanol–water partition coefficient (Wildman–Crippen LogP) is 4.33. The summed E-state index contributed by atoms with van der Waals surface area (Å²) < 4.78 is 19.0. The first kappa shape index (κ1) is 14.8. The third-order valence-electron chi connectivity index (χ3n) is 2.93. The molecule has 108 valence electrons. The highest BCUT2D eigenvalue weighted by molar-refractivity contribution is 5.86. The first-order valence-corrected chi connectivity index (χ1v) is 6.41. The van der Waals surface area contributed by atoms with Gasteiger partial charge in [-0.3, -0.25) is 0 Å². The Morgan fingerprint density at radius 2 is 1.95 bits per heavy atom. The van der Waals surface area contributed by atoms with Crippen LogP contribution in [-0.4, -0.2) is 11.1 Å². The average molecular weight is 286 g/mol. The van der Waals surface area contributed by atoms with Crippen LogP contribution in [0, 0.1) is 19.7 Å². The number of carbonyl (C=O) groups is 1. The standard InChI is InChI=1S/C17H15FO3/c1-11-3-7-16(13(9-11)4-8-17(19)20)21-14-5-6-15(18)12(2)10-14/h3-10H,1-2H3,(H,19,20)/b8-4+. The number of aliphatic carboxylic acids is 1. The molecule has 0 spiro atoms. The summed E-state index contributed by atoms with van der Waals surface area (Å²) in [5.74, 6) is -0.302. The minimum Gasteiger partial charge on any atom is -0.478 e. The molecule has 4 heteroatoms. The molecule has 0 fully saturated rings. The number of hydrogen-bond acceptors (Lipinski definition) is 2. The van der Waals surface area contributed by atoms with E-state index in [2.05, 4.69) is 0 Å². The van der Waals surface area contributed by atoms with Crippen LogP contribution in [0.5, 0.6) is 11.5 Å². The van der Waals surface area contributed by atoms with Crippen molar-refractivity contribution in [3.63, 3.8) is 0 Å². The van der Waals surface area contributed by atoms with Crippen LogP contribution in [0.4, 0.5) is 4.39 Å². The van der Waals surface area contributed by atoms with Crippen LogP contribution in [0.1, 0.15) is 16.7 Å². The number of benzene rings is 2. The molecule has 21 heavy (non-hydrogen) atoms. The Morgan fingerprint density at radius 3 is 2.62 bits per heavy atom. The Hall–Kier alpha value is -2.62. The lowest BCUT2D eigenvalue weighted by molar-refractivity contribution is -0.131. The smallest absolute Gasteiger partial charge is 0.328 e. The van der Waals surface area contributed by atoms with Crippen molar-refractivity contribution in [3.05, 3.63) is 65.0 Å². The van der Waals surface area contributed by atoms with E-state index in [1.54, 1.807) is 19.1 Å². The Kier molecular flexibility index (Phi) is 4.38. The second-order valence-corrected chi connectivity index (χ2v) is 4.73. The summed E-state index contributed by atoms with van der Waals surface area (Å²) in [7, 11) is 0. The zero-order valence-electron chi connectivity index (χ0n) is 11.8. The zero-order valence-corrected chi connectivity index (χ0v) is 11.8. The third kappa shape index (κ3) is 3.92. The van der Waals surface area contributed by atoms with E-state index < -0.39 is 5.97 Å². The molecule has 2 rings (SSSR count). The molecule has 0 amide bonds. The summed E-state index contributed by atoms with van der Waals surface area (Å²) >= 11 is 0. The van der Waals surface area contributed by atoms with Gasteiger partial charge in [0.25, 0.3) is 0 Å². The van der Waals surface area contributed by atoms with E-state index in [1.807, 2.05) is 19.1 Å². The van der Waals surface area contributed by atoms with Gasteiger partial charge in [-0.15, -0.1) is 0 Å². The number of halogens is 1. The van der Waals surface area contributed by atoms with Gasteiger partial charge in [-0.1, -0.05) is 11.6 Å². The highest BCUT2D eigenvalue weighted by Crippen LogP contribution is 2.28. The first-order chi connectivity index (χ1) is 9.95. The van der Waals surface area contributed by atoms with E-state index in [-0.39, 0.29) is 5.82 Å². The van der Waals surface area contributed by atoms with Crippen molar-refractivity contribution < 1.29 is 19.0 Å². The van der Waals surface area contributed by atoms with Gasteiger partial charge in [0, 0.05) is 11.6 Å². The molecule has 3 nitrogen and oxygen atoms in total. The summed E-state index contributed by atoms with van der Waals surface area (Å²) in [6.45, 7) is 3.56. The van der Waals surface area contributed by atoms with Gasteiger partial charge >= 0.3 is 5.97 Å². The highest BCUT2D eigenvalue weighted by Gasteiger charge is 2.06. The number of carboxylic acids is 1. The van der Waals surface area contributed by atoms with Gasteiger partial charge in [0.05, 0.1) is 0 Å². The normalized spacial score (nSPS) is 10.8. The Morgan fingerprint density at radius 1 is 1.19 bits per heavy atom. The molecule has 0 aliphatic carbocycles. The van der Waals surface area contributed by atoms with Crippen LogP contribution in [0.15, 0.2) is 42.5 Å². The SMILES string of the molecule is Cc1ccc(Oc2ccc(F)c(C)c2)c(/C=C/C(=O)O)c1. The van der Waals surface area contributed by atoms with E-state index in [0.717, 1.165) is 11.6 Å². The van der Waals surface area contributed by atoms with E-state index in [9.17, 15) is 9.18 Å². The molecule has 0 aromatic heterocycles. The number of ether oxygens (including phenoxy) is 1. The fourth-order valence-corrected chi connectivity index (χ4v) is 1.86. The van der Waals surface area contributed by atoms with Crippen LogP contribution in [0.2, 0.25) is 0 Å². The molecule has 1 N–H and O–H groups in total. The van der Waals surface area contributed by atoms with Crippen molar-refractivity contribution in [2.45, 2.75) is 13.8 Å². The van der Waals surface area contributed by atoms with Gasteiger partial charge in [-0.05, 0) is 55.8 Å². The topological polar surface area (TPSA) is 46.5 Å². The molecule has 2 aromatic carbocycles. The number of carboxylic acid groups (broad SMARTS) is 1. The van der Waals surface area contributed by atoms with Crippen LogP contribution in [0.25, 0.3) is 6.08 Å². The maximum atomic E-state index is 13.2. The van der Waals surface area contributed by atoms with Gasteiger partial charge in [0.2, 0.25) is 0 Å². The molecule has 0 atom stereocenters. The van der Waals surface area contributed by atoms with Crippen LogP contribution in [-0.2, 0) is 4.79 Å². The molecule has 0 heterocycles. The summed E-state index contributed by atoms with van der Waals surface area (Å²) in [4.78, 5) is 10.6. The third-order valence-corrected chi connectivity index (χ3v) is 2.93. The van der Waals surface area contributed by atoms with Crippen molar-refractivity contribution >= 4 is 12.0 Å². The van der Waals surface area contributed by atoms with Crippen molar-refractivity contribution in [1.29, 1.82) is 0 Å². The minimum absolute atomic E-state index is 0.294. The van der Waals surface area contributed by atoms with Crippen molar-refractivity contribution in [2.24, 2.45) is 0 Å². The largest absolute Gasteiger partial charge is 0.478 e. The lowest BCUT2D eigenvalue weighted by Gasteiger charge is -2.10. The molecule has 0 radical (unpaired) electrons. The van der Waals surface area contributed by atoms with E-state index >= 15 is 0 Å². The molecular formula is C17H15FO3. The van der Waals surface area contributed by atoms with Gasteiger partial charge in [-0.2, -0.15) is 0 Å². The fourth-order valence-electron chi connectivity index (χ4n) is 1.86. The number of aryl methyl sites for hydroxylation is 2. The maximum Gasteiger partial charge on any atom is 0.328 e. The van der Waals surface area contributed by atoms with E-state index in [4.69, 9.17) is 9.84 Å². The Balaban J connectivity index is 2.34. The summed E-state index contributed by atoms with van der Waals surface area (Å²) in [6, 6.07) is 9.92. The maximum absolute atomic E-state index is 13.2. The molecule has 0 aliphatic heterocycles. The minimum atomic E-state index is -1.03. The van der Waals surface area contributed by atoms with Crippen LogP contribution in [0.3, 0.4) is 0 Å². The molecule has 0 unspecified atom stereocenters. The second kappa shape index (κ2) is 6.22.